The van der Waals surface area contributed by atoms with Crippen molar-refractivity contribution in [3.05, 3.63) is 118 Å². The van der Waals surface area contributed by atoms with Crippen LogP contribution in [0.1, 0.15) is 27.8 Å². The molecule has 4 heteroatoms. The van der Waals surface area contributed by atoms with E-state index in [9.17, 15) is 4.79 Å². The fourth-order valence-electron chi connectivity index (χ4n) is 3.98. The smallest absolute Gasteiger partial charge is 0.188 e. The van der Waals surface area contributed by atoms with Gasteiger partial charge in [0, 0.05) is 30.8 Å². The van der Waals surface area contributed by atoms with E-state index in [2.05, 4.69) is 60.5 Å². The summed E-state index contributed by atoms with van der Waals surface area (Å²) in [5.74, 6) is 0.0875. The zero-order valence-corrected chi connectivity index (χ0v) is 20.6. The van der Waals surface area contributed by atoms with Gasteiger partial charge in [0.15, 0.2) is 10.9 Å². The van der Waals surface area contributed by atoms with Crippen LogP contribution >= 0.6 is 12.2 Å². The fraction of sp³-hybridized carbons (Fsp3) is 0.200. The van der Waals surface area contributed by atoms with Crippen LogP contribution in [0.25, 0.3) is 12.2 Å². The van der Waals surface area contributed by atoms with Crippen LogP contribution in [0.3, 0.4) is 0 Å². The number of hydrogen-bond donors (Lipinski definition) is 1. The van der Waals surface area contributed by atoms with Crippen molar-refractivity contribution in [2.24, 2.45) is 0 Å². The largest absolute Gasteiger partial charge is 0.362 e. The molecule has 0 saturated carbocycles. The van der Waals surface area contributed by atoms with Crippen molar-refractivity contribution >= 4 is 35.3 Å². The Morgan fingerprint density at radius 1 is 0.824 bits per heavy atom. The number of carbonyl (C=O) groups is 1. The maximum absolute atomic E-state index is 13.4. The summed E-state index contributed by atoms with van der Waals surface area (Å²) in [6.45, 7) is 5.87. The molecule has 1 saturated heterocycles. The number of aryl methyl sites for hydroxylation is 2. The third-order valence-corrected chi connectivity index (χ3v) is 6.36. The lowest BCUT2D eigenvalue weighted by Crippen LogP contribution is -2.46. The molecule has 1 aliphatic heterocycles. The summed E-state index contributed by atoms with van der Waals surface area (Å²) < 4.78 is 0. The Labute approximate surface area is 207 Å². The SMILES string of the molecule is Cc1ccc(/C=C2\CN(C(=S)NCCc3ccccc3)C/C(=C\c3ccc(C)cc3)C2=O)cc1. The van der Waals surface area contributed by atoms with Gasteiger partial charge in [0.05, 0.1) is 0 Å². The number of benzene rings is 3. The summed E-state index contributed by atoms with van der Waals surface area (Å²) in [7, 11) is 0. The molecule has 0 spiro atoms. The molecule has 1 N–H and O–H groups in total. The summed E-state index contributed by atoms with van der Waals surface area (Å²) in [4.78, 5) is 15.5. The number of Topliss-reactive ketones (excluding diaryl/α,β-unsaturated/α-hetero) is 1. The highest BCUT2D eigenvalue weighted by Gasteiger charge is 2.27. The van der Waals surface area contributed by atoms with Gasteiger partial charge in [-0.15, -0.1) is 0 Å². The first-order valence-corrected chi connectivity index (χ1v) is 12.0. The topological polar surface area (TPSA) is 32.3 Å². The van der Waals surface area contributed by atoms with Gasteiger partial charge >= 0.3 is 0 Å². The summed E-state index contributed by atoms with van der Waals surface area (Å²) in [6, 6.07) is 26.8. The number of ketones is 1. The number of nitrogens with one attached hydrogen (secondary N) is 1. The molecule has 0 bridgehead atoms. The highest BCUT2D eigenvalue weighted by atomic mass is 32.1. The summed E-state index contributed by atoms with van der Waals surface area (Å²) in [5.41, 5.74) is 7.21. The Morgan fingerprint density at radius 2 is 1.32 bits per heavy atom. The highest BCUT2D eigenvalue weighted by Crippen LogP contribution is 2.23. The quantitative estimate of drug-likeness (QED) is 0.382. The Hall–Kier alpha value is -3.50. The molecule has 0 aliphatic carbocycles. The maximum Gasteiger partial charge on any atom is 0.188 e. The number of hydrogen-bond acceptors (Lipinski definition) is 2. The minimum atomic E-state index is 0.0875. The van der Waals surface area contributed by atoms with E-state index in [1.807, 2.05) is 54.6 Å². The average molecular weight is 467 g/mol. The van der Waals surface area contributed by atoms with E-state index in [1.54, 1.807) is 0 Å². The molecule has 34 heavy (non-hydrogen) atoms. The van der Waals surface area contributed by atoms with Crippen molar-refractivity contribution < 1.29 is 4.79 Å². The van der Waals surface area contributed by atoms with Crippen LogP contribution in [0.15, 0.2) is 90.0 Å². The first-order chi connectivity index (χ1) is 16.5. The summed E-state index contributed by atoms with van der Waals surface area (Å²) >= 11 is 5.75. The molecule has 3 aromatic carbocycles. The molecule has 4 rings (SSSR count). The van der Waals surface area contributed by atoms with Gasteiger partial charge in [-0.3, -0.25) is 4.79 Å². The van der Waals surface area contributed by atoms with Crippen molar-refractivity contribution in [1.82, 2.24) is 10.2 Å². The summed E-state index contributed by atoms with van der Waals surface area (Å²) in [5, 5.41) is 4.07. The van der Waals surface area contributed by atoms with Crippen LogP contribution in [0, 0.1) is 13.8 Å². The zero-order valence-electron chi connectivity index (χ0n) is 19.8. The third-order valence-electron chi connectivity index (χ3n) is 5.96. The number of piperidine rings is 1. The molecule has 3 aromatic rings. The second-order valence-electron chi connectivity index (χ2n) is 8.81. The standard InChI is InChI=1S/C30H30N2OS/c1-22-8-12-25(13-9-22)18-27-20-32(30(34)31-17-16-24-6-4-3-5-7-24)21-28(29(27)33)19-26-14-10-23(2)11-15-26/h3-15,18-19H,16-17,20-21H2,1-2H3,(H,31,34)/b27-18+,28-19+. The number of likely N-dealkylation sites (tertiary alicyclic amines) is 1. The molecule has 3 nitrogen and oxygen atoms in total. The summed E-state index contributed by atoms with van der Waals surface area (Å²) in [6.07, 6.45) is 4.87. The molecule has 1 heterocycles. The van der Waals surface area contributed by atoms with Crippen LogP contribution in [-0.2, 0) is 11.2 Å². The minimum Gasteiger partial charge on any atom is -0.362 e. The normalized spacial score (nSPS) is 16.2. The fourth-order valence-corrected chi connectivity index (χ4v) is 4.21. The molecular formula is C30H30N2OS. The Balaban J connectivity index is 1.55. The van der Waals surface area contributed by atoms with Gasteiger partial charge in [0.1, 0.15) is 0 Å². The van der Waals surface area contributed by atoms with E-state index in [1.165, 1.54) is 16.7 Å². The predicted octanol–water partition coefficient (Wildman–Crippen LogP) is 5.77. The lowest BCUT2D eigenvalue weighted by molar-refractivity contribution is -0.113. The van der Waals surface area contributed by atoms with E-state index >= 15 is 0 Å². The maximum atomic E-state index is 13.4. The molecule has 0 amide bonds. The number of carbonyl (C=O) groups excluding carboxylic acids is 1. The Kier molecular flexibility index (Phi) is 7.71. The van der Waals surface area contributed by atoms with E-state index in [-0.39, 0.29) is 5.78 Å². The first-order valence-electron chi connectivity index (χ1n) is 11.6. The Bertz CT molecular complexity index is 1140. The van der Waals surface area contributed by atoms with Crippen molar-refractivity contribution in [3.63, 3.8) is 0 Å². The molecule has 1 aliphatic rings. The van der Waals surface area contributed by atoms with Crippen molar-refractivity contribution in [1.29, 1.82) is 0 Å². The Morgan fingerprint density at radius 3 is 1.82 bits per heavy atom. The zero-order chi connectivity index (χ0) is 23.9. The van der Waals surface area contributed by atoms with Crippen molar-refractivity contribution in [2.75, 3.05) is 19.6 Å². The number of rotatable bonds is 5. The molecule has 0 aromatic heterocycles. The van der Waals surface area contributed by atoms with Gasteiger partial charge in [-0.05, 0) is 61.3 Å². The predicted molar refractivity (Wildman–Crippen MR) is 146 cm³/mol. The molecule has 0 atom stereocenters. The second kappa shape index (κ2) is 11.1. The number of thiocarbonyl (C=S) groups is 1. The van der Waals surface area contributed by atoms with Gasteiger partial charge in [0.25, 0.3) is 0 Å². The van der Waals surface area contributed by atoms with Gasteiger partial charge in [-0.1, -0.05) is 90.0 Å². The van der Waals surface area contributed by atoms with E-state index in [0.717, 1.165) is 35.2 Å². The third kappa shape index (κ3) is 6.30. The lowest BCUT2D eigenvalue weighted by Gasteiger charge is -2.32. The average Bonchev–Trinajstić information content (AvgIpc) is 2.85. The van der Waals surface area contributed by atoms with Gasteiger partial charge in [-0.2, -0.15) is 0 Å². The highest BCUT2D eigenvalue weighted by molar-refractivity contribution is 7.80. The molecule has 0 radical (unpaired) electrons. The monoisotopic (exact) mass is 466 g/mol. The van der Waals surface area contributed by atoms with Gasteiger partial charge < -0.3 is 10.2 Å². The van der Waals surface area contributed by atoms with E-state index < -0.39 is 0 Å². The minimum absolute atomic E-state index is 0.0875. The van der Waals surface area contributed by atoms with Crippen LogP contribution in [-0.4, -0.2) is 35.4 Å². The van der Waals surface area contributed by atoms with Crippen LogP contribution < -0.4 is 5.32 Å². The van der Waals surface area contributed by atoms with E-state index in [0.29, 0.717) is 18.2 Å². The molecule has 172 valence electrons. The van der Waals surface area contributed by atoms with Crippen molar-refractivity contribution in [2.45, 2.75) is 20.3 Å². The molecule has 1 fully saturated rings. The number of nitrogens with zero attached hydrogens (tertiary/aromatic N) is 1. The first kappa shape index (κ1) is 23.7. The van der Waals surface area contributed by atoms with Crippen LogP contribution in [0.2, 0.25) is 0 Å². The van der Waals surface area contributed by atoms with Crippen LogP contribution in [0.5, 0.6) is 0 Å². The van der Waals surface area contributed by atoms with Crippen molar-refractivity contribution in [3.8, 4) is 0 Å². The molecule has 0 unspecified atom stereocenters. The molecular weight excluding hydrogens is 436 g/mol. The van der Waals surface area contributed by atoms with Crippen LogP contribution in [0.4, 0.5) is 0 Å². The second-order valence-corrected chi connectivity index (χ2v) is 9.20. The van der Waals surface area contributed by atoms with Gasteiger partial charge in [0.2, 0.25) is 0 Å². The lowest BCUT2D eigenvalue weighted by atomic mass is 9.94. The van der Waals surface area contributed by atoms with Gasteiger partial charge in [-0.25, -0.2) is 0 Å². The van der Waals surface area contributed by atoms with E-state index in [4.69, 9.17) is 12.2 Å².